The van der Waals surface area contributed by atoms with Crippen molar-refractivity contribution in [2.24, 2.45) is 0 Å². The monoisotopic (exact) mass is 285 g/mol. The van der Waals surface area contributed by atoms with Gasteiger partial charge in [0.2, 0.25) is 0 Å². The highest BCUT2D eigenvalue weighted by molar-refractivity contribution is 6.91. The van der Waals surface area contributed by atoms with E-state index in [2.05, 4.69) is 18.4 Å². The molecular weight excluding hydrogens is 270 g/mol. The maximum Gasteiger partial charge on any atom is 0.252 e. The molecule has 0 radical (unpaired) electrons. The van der Waals surface area contributed by atoms with Crippen molar-refractivity contribution in [1.82, 2.24) is 5.32 Å². The second kappa shape index (κ2) is 4.48. The van der Waals surface area contributed by atoms with E-state index in [1.54, 1.807) is 7.11 Å². The number of halogens is 1. The van der Waals surface area contributed by atoms with Crippen LogP contribution in [-0.2, 0) is 0 Å². The van der Waals surface area contributed by atoms with Crippen molar-refractivity contribution in [3.05, 3.63) is 16.7 Å². The summed E-state index contributed by atoms with van der Waals surface area (Å²) < 4.78 is 10.5. The summed E-state index contributed by atoms with van der Waals surface area (Å²) >= 11 is 6.29. The lowest BCUT2D eigenvalue weighted by atomic mass is 10.1. The van der Waals surface area contributed by atoms with Gasteiger partial charge in [0.25, 0.3) is 5.91 Å². The van der Waals surface area contributed by atoms with Gasteiger partial charge in [-0.1, -0.05) is 24.7 Å². The van der Waals surface area contributed by atoms with Gasteiger partial charge in [-0.15, -0.1) is 0 Å². The molecule has 1 N–H and O–H groups in total. The van der Waals surface area contributed by atoms with Crippen LogP contribution in [0, 0.1) is 0 Å². The number of benzene rings is 1. The van der Waals surface area contributed by atoms with Crippen LogP contribution in [0.1, 0.15) is 10.4 Å². The second-order valence-corrected chi connectivity index (χ2v) is 9.95. The van der Waals surface area contributed by atoms with Crippen molar-refractivity contribution in [2.45, 2.75) is 13.1 Å². The summed E-state index contributed by atoms with van der Waals surface area (Å²) in [5.41, 5.74) is 0.539. The molecule has 0 aromatic heterocycles. The molecule has 0 bridgehead atoms. The number of nitrogens with one attached hydrogen (secondary N) is 1. The van der Waals surface area contributed by atoms with E-state index in [4.69, 9.17) is 21.1 Å². The summed E-state index contributed by atoms with van der Waals surface area (Å²) in [6.07, 6.45) is 0.713. The molecule has 0 fully saturated rings. The molecule has 1 aromatic rings. The minimum absolute atomic E-state index is 0.136. The number of amides is 1. The fourth-order valence-electron chi connectivity index (χ4n) is 2.19. The molecule has 6 heteroatoms. The van der Waals surface area contributed by atoms with E-state index >= 15 is 0 Å². The Kier molecular flexibility index (Phi) is 3.29. The molecule has 0 aliphatic carbocycles. The molecule has 0 spiro atoms. The Hall–Kier alpha value is -1.20. The van der Waals surface area contributed by atoms with Crippen LogP contribution < -0.4 is 20.0 Å². The van der Waals surface area contributed by atoms with Gasteiger partial charge >= 0.3 is 0 Å². The topological polar surface area (TPSA) is 47.6 Å². The Morgan fingerprint density at radius 2 is 2.00 bits per heavy atom. The van der Waals surface area contributed by atoms with E-state index in [0.717, 1.165) is 5.19 Å². The van der Waals surface area contributed by atoms with Gasteiger partial charge < -0.3 is 14.8 Å². The summed E-state index contributed by atoms with van der Waals surface area (Å²) in [7, 11) is 1.36. The molecule has 1 heterocycles. The van der Waals surface area contributed by atoms with Crippen LogP contribution in [0.15, 0.2) is 6.07 Å². The van der Waals surface area contributed by atoms with Crippen LogP contribution in [0.25, 0.3) is 0 Å². The van der Waals surface area contributed by atoms with Gasteiger partial charge in [0, 0.05) is 6.17 Å². The van der Waals surface area contributed by atoms with Crippen molar-refractivity contribution >= 4 is 30.8 Å². The predicted octanol–water partition coefficient (Wildman–Crippen LogP) is 1.56. The van der Waals surface area contributed by atoms with Gasteiger partial charge in [0.1, 0.15) is 8.07 Å². The zero-order valence-electron chi connectivity index (χ0n) is 10.9. The van der Waals surface area contributed by atoms with E-state index in [9.17, 15) is 4.79 Å². The first-order valence-corrected chi connectivity index (χ1v) is 9.24. The van der Waals surface area contributed by atoms with Crippen molar-refractivity contribution in [2.75, 3.05) is 20.4 Å². The lowest BCUT2D eigenvalue weighted by molar-refractivity contribution is 0.0958. The molecule has 18 heavy (non-hydrogen) atoms. The van der Waals surface area contributed by atoms with Gasteiger partial charge in [-0.3, -0.25) is 4.79 Å². The van der Waals surface area contributed by atoms with Gasteiger partial charge in [-0.25, -0.2) is 0 Å². The predicted molar refractivity (Wildman–Crippen MR) is 74.0 cm³/mol. The van der Waals surface area contributed by atoms with Crippen molar-refractivity contribution in [1.29, 1.82) is 0 Å². The molecular formula is C12H16ClNO3Si. The van der Waals surface area contributed by atoms with E-state index in [0.29, 0.717) is 28.3 Å². The molecule has 1 aliphatic heterocycles. The number of carbonyl (C=O) groups excluding carboxylic acids is 1. The molecule has 0 atom stereocenters. The Morgan fingerprint density at radius 1 is 1.33 bits per heavy atom. The molecule has 1 amide bonds. The molecule has 98 valence electrons. The van der Waals surface area contributed by atoms with Gasteiger partial charge in [0.05, 0.1) is 24.8 Å². The Bertz CT molecular complexity index is 517. The number of fused-ring (bicyclic) bond motifs is 1. The molecule has 0 saturated carbocycles. The lowest BCUT2D eigenvalue weighted by Gasteiger charge is -2.32. The quantitative estimate of drug-likeness (QED) is 0.839. The van der Waals surface area contributed by atoms with E-state index in [1.807, 2.05) is 6.07 Å². The third kappa shape index (κ3) is 1.87. The van der Waals surface area contributed by atoms with Crippen LogP contribution in [0.2, 0.25) is 18.1 Å². The summed E-state index contributed by atoms with van der Waals surface area (Å²) in [6.45, 7) is 4.38. The minimum Gasteiger partial charge on any atom is -0.493 e. The number of ether oxygens (including phenoxy) is 2. The van der Waals surface area contributed by atoms with E-state index in [1.165, 1.54) is 7.11 Å². The smallest absolute Gasteiger partial charge is 0.252 e. The average Bonchev–Trinajstić information content (AvgIpc) is 2.33. The SMILES string of the molecule is COc1cc2c(c(Cl)c1OC)C(=O)NC[Si]2(C)C. The van der Waals surface area contributed by atoms with Crippen molar-refractivity contribution in [3.8, 4) is 11.5 Å². The minimum atomic E-state index is -1.72. The Morgan fingerprint density at radius 3 is 2.56 bits per heavy atom. The number of rotatable bonds is 2. The fourth-order valence-corrected chi connectivity index (χ4v) is 4.86. The Labute approximate surface area is 112 Å². The average molecular weight is 286 g/mol. The number of hydrogen-bond acceptors (Lipinski definition) is 3. The summed E-state index contributed by atoms with van der Waals surface area (Å²) in [5, 5.41) is 4.26. The fraction of sp³-hybridized carbons (Fsp3) is 0.417. The lowest BCUT2D eigenvalue weighted by Crippen LogP contribution is -2.59. The highest BCUT2D eigenvalue weighted by Gasteiger charge is 2.37. The zero-order chi connectivity index (χ0) is 13.5. The first-order valence-electron chi connectivity index (χ1n) is 5.65. The third-order valence-electron chi connectivity index (χ3n) is 3.26. The molecule has 4 nitrogen and oxygen atoms in total. The van der Waals surface area contributed by atoms with Crippen LogP contribution in [0.4, 0.5) is 0 Å². The van der Waals surface area contributed by atoms with Crippen molar-refractivity contribution in [3.63, 3.8) is 0 Å². The molecule has 1 aliphatic rings. The van der Waals surface area contributed by atoms with Gasteiger partial charge in [-0.2, -0.15) is 0 Å². The van der Waals surface area contributed by atoms with Crippen LogP contribution >= 0.6 is 11.6 Å². The number of methoxy groups -OCH3 is 2. The normalized spacial score (nSPS) is 16.8. The van der Waals surface area contributed by atoms with Crippen LogP contribution in [0.5, 0.6) is 11.5 Å². The maximum atomic E-state index is 12.0. The second-order valence-electron chi connectivity index (χ2n) is 4.92. The van der Waals surface area contributed by atoms with Crippen molar-refractivity contribution < 1.29 is 14.3 Å². The highest BCUT2D eigenvalue weighted by atomic mass is 35.5. The first kappa shape index (κ1) is 13.2. The third-order valence-corrected chi connectivity index (χ3v) is 6.53. The van der Waals surface area contributed by atoms with Crippen LogP contribution in [-0.4, -0.2) is 34.4 Å². The molecule has 0 unspecified atom stereocenters. The molecule has 0 saturated heterocycles. The number of hydrogen-bond donors (Lipinski definition) is 1. The largest absolute Gasteiger partial charge is 0.493 e. The zero-order valence-corrected chi connectivity index (χ0v) is 12.6. The first-order chi connectivity index (χ1) is 8.42. The molecule has 1 aromatic carbocycles. The van der Waals surface area contributed by atoms with E-state index in [-0.39, 0.29) is 5.91 Å². The highest BCUT2D eigenvalue weighted by Crippen LogP contribution is 2.38. The maximum absolute atomic E-state index is 12.0. The standard InChI is InChI=1S/C12H16ClNO3Si/c1-16-7-5-8-9(10(13)11(7)17-2)12(15)14-6-18(8,3)4/h5H,6H2,1-4H3,(H,14,15). The Balaban J connectivity index is 2.77. The van der Waals surface area contributed by atoms with Crippen LogP contribution in [0.3, 0.4) is 0 Å². The number of carbonyl (C=O) groups is 1. The molecule has 2 rings (SSSR count). The summed E-state index contributed by atoms with van der Waals surface area (Å²) in [6, 6.07) is 1.89. The van der Waals surface area contributed by atoms with Gasteiger partial charge in [-0.05, 0) is 11.3 Å². The summed E-state index contributed by atoms with van der Waals surface area (Å²) in [4.78, 5) is 12.0. The summed E-state index contributed by atoms with van der Waals surface area (Å²) in [5.74, 6) is 0.860. The van der Waals surface area contributed by atoms with E-state index < -0.39 is 8.07 Å². The van der Waals surface area contributed by atoms with Gasteiger partial charge in [0.15, 0.2) is 11.5 Å².